The molecule has 1 heterocycles. The summed E-state index contributed by atoms with van der Waals surface area (Å²) < 4.78 is 0. The molecule has 0 aliphatic carbocycles. The van der Waals surface area contributed by atoms with Gasteiger partial charge in [-0.1, -0.05) is 41.1 Å². The second-order valence-electron chi connectivity index (χ2n) is 4.06. The molecule has 1 atom stereocenters. The number of hydrogen-bond acceptors (Lipinski definition) is 1. The zero-order valence-electron chi connectivity index (χ0n) is 9.49. The molecule has 2 rings (SSSR count). The molecule has 0 saturated carbocycles. The summed E-state index contributed by atoms with van der Waals surface area (Å²) >= 11 is 3.68. The third-order valence-electron chi connectivity index (χ3n) is 2.94. The summed E-state index contributed by atoms with van der Waals surface area (Å²) in [5.41, 5.74) is 1.41. The van der Waals surface area contributed by atoms with Crippen molar-refractivity contribution >= 4 is 26.7 Å². The van der Waals surface area contributed by atoms with Gasteiger partial charge in [0.2, 0.25) is 0 Å². The molecule has 1 aromatic heterocycles. The van der Waals surface area contributed by atoms with E-state index < -0.39 is 0 Å². The van der Waals surface area contributed by atoms with Crippen molar-refractivity contribution in [2.45, 2.75) is 31.0 Å². The van der Waals surface area contributed by atoms with Gasteiger partial charge in [0.25, 0.3) is 0 Å². The fourth-order valence-electron chi connectivity index (χ4n) is 1.91. The third kappa shape index (κ3) is 2.62. The van der Waals surface area contributed by atoms with Crippen molar-refractivity contribution in [3.63, 3.8) is 0 Å². The molecule has 16 heavy (non-hydrogen) atoms. The maximum absolute atomic E-state index is 4.21. The molecule has 0 aliphatic rings. The van der Waals surface area contributed by atoms with Gasteiger partial charge < -0.3 is 0 Å². The Balaban J connectivity index is 2.23. The van der Waals surface area contributed by atoms with Crippen LogP contribution in [0, 0.1) is 0 Å². The first-order valence-corrected chi connectivity index (χ1v) is 6.68. The fourth-order valence-corrected chi connectivity index (χ4v) is 2.14. The number of alkyl halides is 1. The van der Waals surface area contributed by atoms with Gasteiger partial charge in [-0.2, -0.15) is 0 Å². The van der Waals surface area contributed by atoms with E-state index >= 15 is 0 Å². The van der Waals surface area contributed by atoms with Gasteiger partial charge in [-0.3, -0.25) is 4.98 Å². The third-order valence-corrected chi connectivity index (χ3v) is 4.05. The normalized spacial score (nSPS) is 12.9. The minimum atomic E-state index is 0.624. The molecule has 1 unspecified atom stereocenters. The molecular weight excluding hydrogens is 262 g/mol. The standard InChI is InChI=1S/C14H16BrN/c1-2-13(15)7-6-11-4-3-5-12-8-9-16-10-14(11)12/h3-5,8-10,13H,2,6-7H2,1H3. The Kier molecular flexibility index (Phi) is 3.94. The summed E-state index contributed by atoms with van der Waals surface area (Å²) in [6.07, 6.45) is 7.31. The summed E-state index contributed by atoms with van der Waals surface area (Å²) in [4.78, 5) is 4.83. The predicted octanol–water partition coefficient (Wildman–Crippen LogP) is 4.34. The lowest BCUT2D eigenvalue weighted by Crippen LogP contribution is -1.98. The van der Waals surface area contributed by atoms with Gasteiger partial charge in [-0.05, 0) is 36.3 Å². The monoisotopic (exact) mass is 277 g/mol. The van der Waals surface area contributed by atoms with E-state index in [2.05, 4.69) is 52.1 Å². The molecule has 0 spiro atoms. The van der Waals surface area contributed by atoms with Crippen molar-refractivity contribution in [2.75, 3.05) is 0 Å². The van der Waals surface area contributed by atoms with E-state index in [1.165, 1.54) is 29.2 Å². The topological polar surface area (TPSA) is 12.9 Å². The molecule has 1 aromatic carbocycles. The number of halogens is 1. The van der Waals surface area contributed by atoms with E-state index in [4.69, 9.17) is 0 Å². The Bertz CT molecular complexity index is 462. The lowest BCUT2D eigenvalue weighted by atomic mass is 10.0. The van der Waals surface area contributed by atoms with Crippen LogP contribution in [0.4, 0.5) is 0 Å². The largest absolute Gasteiger partial charge is 0.264 e. The average Bonchev–Trinajstić information content (AvgIpc) is 2.35. The molecule has 2 aromatic rings. The molecule has 84 valence electrons. The Hall–Kier alpha value is -0.890. The number of aromatic nitrogens is 1. The van der Waals surface area contributed by atoms with Crippen molar-refractivity contribution in [3.05, 3.63) is 42.2 Å². The zero-order chi connectivity index (χ0) is 11.4. The molecule has 0 amide bonds. The minimum Gasteiger partial charge on any atom is -0.264 e. The molecule has 1 nitrogen and oxygen atoms in total. The first-order valence-electron chi connectivity index (χ1n) is 5.77. The molecule has 0 radical (unpaired) electrons. The number of fused-ring (bicyclic) bond motifs is 1. The van der Waals surface area contributed by atoms with Crippen molar-refractivity contribution < 1.29 is 0 Å². The van der Waals surface area contributed by atoms with E-state index in [-0.39, 0.29) is 0 Å². The van der Waals surface area contributed by atoms with Gasteiger partial charge in [0.05, 0.1) is 0 Å². The summed E-state index contributed by atoms with van der Waals surface area (Å²) in [5.74, 6) is 0. The lowest BCUT2D eigenvalue weighted by Gasteiger charge is -2.08. The Morgan fingerprint density at radius 3 is 3.00 bits per heavy atom. The molecule has 0 aliphatic heterocycles. The van der Waals surface area contributed by atoms with Crippen LogP contribution >= 0.6 is 15.9 Å². The fraction of sp³-hybridized carbons (Fsp3) is 0.357. The van der Waals surface area contributed by atoms with E-state index in [0.29, 0.717) is 4.83 Å². The van der Waals surface area contributed by atoms with Gasteiger partial charge in [-0.15, -0.1) is 0 Å². The molecule has 0 fully saturated rings. The summed E-state index contributed by atoms with van der Waals surface area (Å²) in [7, 11) is 0. The Labute approximate surface area is 105 Å². The minimum absolute atomic E-state index is 0.624. The highest BCUT2D eigenvalue weighted by Gasteiger charge is 2.04. The van der Waals surface area contributed by atoms with Gasteiger partial charge in [-0.25, -0.2) is 0 Å². The lowest BCUT2D eigenvalue weighted by molar-refractivity contribution is 0.749. The number of nitrogens with zero attached hydrogens (tertiary/aromatic N) is 1. The predicted molar refractivity (Wildman–Crippen MR) is 73.1 cm³/mol. The van der Waals surface area contributed by atoms with Crippen LogP contribution in [0.3, 0.4) is 0 Å². The number of aryl methyl sites for hydroxylation is 1. The van der Waals surface area contributed by atoms with Gasteiger partial charge >= 0.3 is 0 Å². The first kappa shape index (κ1) is 11.6. The van der Waals surface area contributed by atoms with E-state index in [1.54, 1.807) is 0 Å². The molecule has 0 N–H and O–H groups in total. The number of rotatable bonds is 4. The van der Waals surface area contributed by atoms with E-state index in [0.717, 1.165) is 6.42 Å². The highest BCUT2D eigenvalue weighted by Crippen LogP contribution is 2.21. The van der Waals surface area contributed by atoms with Gasteiger partial charge in [0, 0.05) is 22.6 Å². The summed E-state index contributed by atoms with van der Waals surface area (Å²) in [6.45, 7) is 2.21. The second kappa shape index (κ2) is 5.44. The van der Waals surface area contributed by atoms with E-state index in [1.807, 2.05) is 12.4 Å². The van der Waals surface area contributed by atoms with Crippen LogP contribution in [0.1, 0.15) is 25.3 Å². The SMILES string of the molecule is CCC(Br)CCc1cccc2ccncc12. The molecule has 0 bridgehead atoms. The maximum atomic E-state index is 4.21. The summed E-state index contributed by atoms with van der Waals surface area (Å²) in [6, 6.07) is 8.56. The van der Waals surface area contributed by atoms with Crippen molar-refractivity contribution in [2.24, 2.45) is 0 Å². The highest BCUT2D eigenvalue weighted by atomic mass is 79.9. The molecule has 2 heteroatoms. The zero-order valence-corrected chi connectivity index (χ0v) is 11.1. The highest BCUT2D eigenvalue weighted by molar-refractivity contribution is 9.09. The van der Waals surface area contributed by atoms with Crippen molar-refractivity contribution in [3.8, 4) is 0 Å². The van der Waals surface area contributed by atoms with Gasteiger partial charge in [0.15, 0.2) is 0 Å². The van der Waals surface area contributed by atoms with E-state index in [9.17, 15) is 0 Å². The maximum Gasteiger partial charge on any atom is 0.0349 e. The van der Waals surface area contributed by atoms with Crippen LogP contribution < -0.4 is 0 Å². The molecular formula is C14H16BrN. The van der Waals surface area contributed by atoms with Crippen LogP contribution in [-0.4, -0.2) is 9.81 Å². The Morgan fingerprint density at radius 2 is 2.19 bits per heavy atom. The second-order valence-corrected chi connectivity index (χ2v) is 5.35. The first-order chi connectivity index (χ1) is 7.81. The van der Waals surface area contributed by atoms with Crippen molar-refractivity contribution in [1.29, 1.82) is 0 Å². The van der Waals surface area contributed by atoms with Crippen LogP contribution in [0.2, 0.25) is 0 Å². The number of pyridine rings is 1. The average molecular weight is 278 g/mol. The Morgan fingerprint density at radius 1 is 1.31 bits per heavy atom. The smallest absolute Gasteiger partial charge is 0.0349 e. The van der Waals surface area contributed by atoms with Crippen LogP contribution in [0.5, 0.6) is 0 Å². The number of hydrogen-bond donors (Lipinski definition) is 0. The van der Waals surface area contributed by atoms with Crippen LogP contribution in [-0.2, 0) is 6.42 Å². The summed E-state index contributed by atoms with van der Waals surface area (Å²) in [5, 5.41) is 2.58. The molecule has 0 saturated heterocycles. The number of benzene rings is 1. The quantitative estimate of drug-likeness (QED) is 0.758. The van der Waals surface area contributed by atoms with Crippen LogP contribution in [0.15, 0.2) is 36.7 Å². The van der Waals surface area contributed by atoms with Crippen molar-refractivity contribution in [1.82, 2.24) is 4.98 Å². The van der Waals surface area contributed by atoms with Gasteiger partial charge in [0.1, 0.15) is 0 Å². The van der Waals surface area contributed by atoms with Crippen LogP contribution in [0.25, 0.3) is 10.8 Å².